The van der Waals surface area contributed by atoms with Crippen LogP contribution >= 0.6 is 0 Å². The van der Waals surface area contributed by atoms with Crippen molar-refractivity contribution in [2.45, 2.75) is 13.0 Å². The Morgan fingerprint density at radius 3 is 2.76 bits per heavy atom. The van der Waals surface area contributed by atoms with E-state index in [1.165, 1.54) is 6.07 Å². The molecule has 0 aliphatic carbocycles. The van der Waals surface area contributed by atoms with Crippen LogP contribution in [-0.2, 0) is 6.54 Å². The van der Waals surface area contributed by atoms with Crippen LogP contribution in [-0.4, -0.2) is 39.2 Å². The average Bonchev–Trinajstić information content (AvgIpc) is 2.27. The molecule has 1 aromatic carbocycles. The molecule has 0 fully saturated rings. The van der Waals surface area contributed by atoms with E-state index in [9.17, 15) is 4.39 Å². The molecule has 0 heterocycles. The van der Waals surface area contributed by atoms with Crippen molar-refractivity contribution in [2.24, 2.45) is 0 Å². The van der Waals surface area contributed by atoms with Crippen LogP contribution in [0.1, 0.15) is 12.0 Å². The fraction of sp³-hybridized carbons (Fsp3) is 0.538. The molecule has 0 radical (unpaired) electrons. The topological polar surface area (TPSA) is 24.5 Å². The molecular weight excluding hydrogens is 219 g/mol. The lowest BCUT2D eigenvalue weighted by Crippen LogP contribution is -2.16. The van der Waals surface area contributed by atoms with Gasteiger partial charge >= 0.3 is 0 Å². The molecule has 1 rings (SSSR count). The minimum Gasteiger partial charge on any atom is -0.490 e. The van der Waals surface area contributed by atoms with Crippen LogP contribution in [0, 0.1) is 5.82 Å². The molecule has 0 unspecified atom stereocenters. The molecule has 17 heavy (non-hydrogen) atoms. The van der Waals surface area contributed by atoms with E-state index in [-0.39, 0.29) is 5.82 Å². The molecule has 0 amide bonds. The van der Waals surface area contributed by atoms with Crippen LogP contribution in [0.25, 0.3) is 0 Å². The van der Waals surface area contributed by atoms with Crippen LogP contribution in [0.5, 0.6) is 5.75 Å². The Bertz CT molecular complexity index is 342. The lowest BCUT2D eigenvalue weighted by Gasteiger charge is -2.13. The van der Waals surface area contributed by atoms with Crippen LogP contribution in [0.2, 0.25) is 0 Å². The predicted molar refractivity (Wildman–Crippen MR) is 67.8 cm³/mol. The summed E-state index contributed by atoms with van der Waals surface area (Å²) in [6.45, 7) is 2.09. The zero-order chi connectivity index (χ0) is 12.7. The van der Waals surface area contributed by atoms with Gasteiger partial charge in [-0.2, -0.15) is 0 Å². The molecule has 0 aromatic heterocycles. The van der Waals surface area contributed by atoms with Crippen LogP contribution < -0.4 is 10.1 Å². The number of halogens is 1. The van der Waals surface area contributed by atoms with E-state index in [2.05, 4.69) is 10.2 Å². The molecule has 1 N–H and O–H groups in total. The summed E-state index contributed by atoms with van der Waals surface area (Å²) in [6.07, 6.45) is 0.889. The molecule has 0 aliphatic rings. The van der Waals surface area contributed by atoms with Gasteiger partial charge in [0, 0.05) is 18.7 Å². The highest BCUT2D eigenvalue weighted by molar-refractivity contribution is 5.34. The van der Waals surface area contributed by atoms with E-state index in [0.29, 0.717) is 18.9 Å². The third-order valence-electron chi connectivity index (χ3n) is 2.41. The highest BCUT2D eigenvalue weighted by Gasteiger charge is 2.08. The summed E-state index contributed by atoms with van der Waals surface area (Å²) in [6, 6.07) is 5.01. The Hall–Kier alpha value is -1.13. The van der Waals surface area contributed by atoms with Gasteiger partial charge in [0.2, 0.25) is 0 Å². The maximum absolute atomic E-state index is 13.6. The summed E-state index contributed by atoms with van der Waals surface area (Å²) < 4.78 is 19.1. The fourth-order valence-electron chi connectivity index (χ4n) is 1.60. The quantitative estimate of drug-likeness (QED) is 0.736. The number of benzene rings is 1. The van der Waals surface area contributed by atoms with E-state index in [1.807, 2.05) is 27.2 Å². The minimum absolute atomic E-state index is 0.289. The van der Waals surface area contributed by atoms with Gasteiger partial charge in [0.1, 0.15) is 0 Å². The number of ether oxygens (including phenoxy) is 1. The Labute approximate surface area is 103 Å². The number of nitrogens with one attached hydrogen (secondary N) is 1. The van der Waals surface area contributed by atoms with Gasteiger partial charge in [-0.05, 0) is 33.6 Å². The van der Waals surface area contributed by atoms with E-state index in [1.54, 1.807) is 6.07 Å². The summed E-state index contributed by atoms with van der Waals surface area (Å²) in [4.78, 5) is 2.08. The normalized spacial score (nSPS) is 10.9. The molecule has 0 saturated heterocycles. The lowest BCUT2D eigenvalue weighted by molar-refractivity contribution is 0.268. The van der Waals surface area contributed by atoms with Gasteiger partial charge < -0.3 is 15.0 Å². The Morgan fingerprint density at radius 1 is 1.35 bits per heavy atom. The molecule has 0 spiro atoms. The smallest absolute Gasteiger partial charge is 0.165 e. The summed E-state index contributed by atoms with van der Waals surface area (Å²) >= 11 is 0. The third kappa shape index (κ3) is 4.71. The molecule has 96 valence electrons. The van der Waals surface area contributed by atoms with Crippen LogP contribution in [0.3, 0.4) is 0 Å². The first-order chi connectivity index (χ1) is 8.15. The second kappa shape index (κ2) is 7.25. The molecule has 0 bridgehead atoms. The standard InChI is InChI=1S/C13H21FN2O/c1-15-10-11-6-4-7-12(14)13(11)17-9-5-8-16(2)3/h4,6-7,15H,5,8-10H2,1-3H3. The van der Waals surface area contributed by atoms with Crippen molar-refractivity contribution < 1.29 is 9.13 Å². The highest BCUT2D eigenvalue weighted by atomic mass is 19.1. The Morgan fingerprint density at radius 2 is 2.12 bits per heavy atom. The number of para-hydroxylation sites is 1. The van der Waals surface area contributed by atoms with Gasteiger partial charge in [0.05, 0.1) is 6.61 Å². The minimum atomic E-state index is -0.289. The van der Waals surface area contributed by atoms with Gasteiger partial charge in [-0.3, -0.25) is 0 Å². The average molecular weight is 240 g/mol. The number of hydrogen-bond donors (Lipinski definition) is 1. The van der Waals surface area contributed by atoms with Crippen molar-refractivity contribution in [3.8, 4) is 5.75 Å². The van der Waals surface area contributed by atoms with Gasteiger partial charge in [-0.25, -0.2) is 4.39 Å². The predicted octanol–water partition coefficient (Wildman–Crippen LogP) is 1.88. The largest absolute Gasteiger partial charge is 0.490 e. The van der Waals surface area contributed by atoms with E-state index in [0.717, 1.165) is 18.5 Å². The third-order valence-corrected chi connectivity index (χ3v) is 2.41. The zero-order valence-corrected chi connectivity index (χ0v) is 10.8. The van der Waals surface area contributed by atoms with Crippen molar-refractivity contribution in [1.82, 2.24) is 10.2 Å². The van der Waals surface area contributed by atoms with Crippen LogP contribution in [0.15, 0.2) is 18.2 Å². The van der Waals surface area contributed by atoms with Crippen molar-refractivity contribution in [1.29, 1.82) is 0 Å². The van der Waals surface area contributed by atoms with Gasteiger partial charge in [-0.1, -0.05) is 12.1 Å². The molecule has 0 atom stereocenters. The van der Waals surface area contributed by atoms with Gasteiger partial charge in [0.25, 0.3) is 0 Å². The maximum Gasteiger partial charge on any atom is 0.165 e. The van der Waals surface area contributed by atoms with Gasteiger partial charge in [0.15, 0.2) is 11.6 Å². The Kier molecular flexibility index (Phi) is 5.94. The van der Waals surface area contributed by atoms with Crippen molar-refractivity contribution in [3.63, 3.8) is 0 Å². The SMILES string of the molecule is CNCc1cccc(F)c1OCCCN(C)C. The number of rotatable bonds is 7. The lowest BCUT2D eigenvalue weighted by atomic mass is 10.2. The number of hydrogen-bond acceptors (Lipinski definition) is 3. The first-order valence-corrected chi connectivity index (χ1v) is 5.84. The van der Waals surface area contributed by atoms with Crippen molar-refractivity contribution in [2.75, 3.05) is 34.3 Å². The Balaban J connectivity index is 2.56. The first kappa shape index (κ1) is 13.9. The molecule has 0 saturated carbocycles. The van der Waals surface area contributed by atoms with Gasteiger partial charge in [-0.15, -0.1) is 0 Å². The van der Waals surface area contributed by atoms with Crippen LogP contribution in [0.4, 0.5) is 4.39 Å². The van der Waals surface area contributed by atoms with Crippen molar-refractivity contribution >= 4 is 0 Å². The second-order valence-corrected chi connectivity index (χ2v) is 4.26. The first-order valence-electron chi connectivity index (χ1n) is 5.84. The van der Waals surface area contributed by atoms with E-state index in [4.69, 9.17) is 4.74 Å². The summed E-state index contributed by atoms with van der Waals surface area (Å²) in [5.74, 6) is 0.0863. The molecule has 3 nitrogen and oxygen atoms in total. The summed E-state index contributed by atoms with van der Waals surface area (Å²) in [5, 5.41) is 3.01. The number of nitrogens with zero attached hydrogens (tertiary/aromatic N) is 1. The molecule has 0 aliphatic heterocycles. The molecule has 4 heteroatoms. The second-order valence-electron chi connectivity index (χ2n) is 4.26. The fourth-order valence-corrected chi connectivity index (χ4v) is 1.60. The van der Waals surface area contributed by atoms with E-state index < -0.39 is 0 Å². The maximum atomic E-state index is 13.6. The van der Waals surface area contributed by atoms with E-state index >= 15 is 0 Å². The summed E-state index contributed by atoms with van der Waals surface area (Å²) in [7, 11) is 5.85. The highest BCUT2D eigenvalue weighted by Crippen LogP contribution is 2.22. The van der Waals surface area contributed by atoms with Crippen molar-refractivity contribution in [3.05, 3.63) is 29.6 Å². The molecular formula is C13H21FN2O. The summed E-state index contributed by atoms with van der Waals surface area (Å²) in [5.41, 5.74) is 0.859. The molecule has 1 aromatic rings. The zero-order valence-electron chi connectivity index (χ0n) is 10.8. The monoisotopic (exact) mass is 240 g/mol.